The second-order valence-electron chi connectivity index (χ2n) is 4.41. The Balaban J connectivity index is 2.12. The maximum absolute atomic E-state index is 12.1. The van der Waals surface area contributed by atoms with Crippen molar-refractivity contribution in [2.45, 2.75) is 31.9 Å². The van der Waals surface area contributed by atoms with Crippen LogP contribution in [-0.2, 0) is 0 Å². The molecule has 0 saturated heterocycles. The van der Waals surface area contributed by atoms with Crippen molar-refractivity contribution >= 4 is 0 Å². The molecular weight excluding hydrogens is 224 g/mol. The lowest BCUT2D eigenvalue weighted by Crippen LogP contribution is -2.29. The SMILES string of the molecule is CNC(c1cccc(OC(F)F)c1)C1CCC1. The molecule has 94 valence electrons. The van der Waals surface area contributed by atoms with E-state index in [9.17, 15) is 8.78 Å². The summed E-state index contributed by atoms with van der Waals surface area (Å²) in [6, 6.07) is 7.22. The molecule has 1 fully saturated rings. The average molecular weight is 241 g/mol. The van der Waals surface area contributed by atoms with Crippen molar-refractivity contribution < 1.29 is 13.5 Å². The zero-order valence-corrected chi connectivity index (χ0v) is 9.83. The highest BCUT2D eigenvalue weighted by Gasteiger charge is 2.27. The van der Waals surface area contributed by atoms with Crippen LogP contribution in [0.25, 0.3) is 0 Å². The molecule has 0 bridgehead atoms. The van der Waals surface area contributed by atoms with Gasteiger partial charge in [0.25, 0.3) is 0 Å². The summed E-state index contributed by atoms with van der Waals surface area (Å²) in [6.45, 7) is -2.76. The summed E-state index contributed by atoms with van der Waals surface area (Å²) in [6.07, 6.45) is 3.66. The second-order valence-corrected chi connectivity index (χ2v) is 4.41. The van der Waals surface area contributed by atoms with Gasteiger partial charge in [0, 0.05) is 6.04 Å². The third-order valence-corrected chi connectivity index (χ3v) is 3.37. The summed E-state index contributed by atoms with van der Waals surface area (Å²) in [7, 11) is 1.91. The standard InChI is InChI=1S/C13H17F2NO/c1-16-12(9-4-2-5-9)10-6-3-7-11(8-10)17-13(14)15/h3,6-9,12-13,16H,2,4-5H2,1H3. The Labute approximate surface area is 100.0 Å². The van der Waals surface area contributed by atoms with Crippen molar-refractivity contribution in [3.63, 3.8) is 0 Å². The van der Waals surface area contributed by atoms with Crippen LogP contribution in [-0.4, -0.2) is 13.7 Å². The Bertz CT molecular complexity index is 366. The van der Waals surface area contributed by atoms with Gasteiger partial charge in [-0.2, -0.15) is 8.78 Å². The van der Waals surface area contributed by atoms with Crippen molar-refractivity contribution in [2.75, 3.05) is 7.05 Å². The van der Waals surface area contributed by atoms with Gasteiger partial charge in [-0.3, -0.25) is 0 Å². The van der Waals surface area contributed by atoms with E-state index in [1.165, 1.54) is 19.3 Å². The van der Waals surface area contributed by atoms with E-state index in [2.05, 4.69) is 10.1 Å². The van der Waals surface area contributed by atoms with E-state index >= 15 is 0 Å². The molecule has 2 rings (SSSR count). The van der Waals surface area contributed by atoms with E-state index in [4.69, 9.17) is 0 Å². The number of ether oxygens (including phenoxy) is 1. The van der Waals surface area contributed by atoms with Gasteiger partial charge >= 0.3 is 6.61 Å². The summed E-state index contributed by atoms with van der Waals surface area (Å²) in [5.74, 6) is 0.846. The van der Waals surface area contributed by atoms with Crippen LogP contribution in [0.2, 0.25) is 0 Å². The largest absolute Gasteiger partial charge is 0.435 e. The lowest BCUT2D eigenvalue weighted by atomic mass is 9.77. The fourth-order valence-electron chi connectivity index (χ4n) is 2.33. The molecule has 1 aliphatic carbocycles. The Morgan fingerprint density at radius 2 is 2.12 bits per heavy atom. The molecule has 1 aliphatic rings. The third-order valence-electron chi connectivity index (χ3n) is 3.37. The van der Waals surface area contributed by atoms with Crippen LogP contribution in [0.1, 0.15) is 30.9 Å². The smallest absolute Gasteiger partial charge is 0.387 e. The molecule has 1 atom stereocenters. The summed E-state index contributed by atoms with van der Waals surface area (Å²) < 4.78 is 28.7. The minimum absolute atomic E-state index is 0.233. The summed E-state index contributed by atoms with van der Waals surface area (Å²) in [5, 5.41) is 3.26. The fraction of sp³-hybridized carbons (Fsp3) is 0.538. The summed E-state index contributed by atoms with van der Waals surface area (Å²) in [4.78, 5) is 0. The van der Waals surface area contributed by atoms with Crippen molar-refractivity contribution in [3.05, 3.63) is 29.8 Å². The molecule has 0 aliphatic heterocycles. The molecule has 1 aromatic rings. The normalized spacial score (nSPS) is 17.9. The van der Waals surface area contributed by atoms with E-state index in [0.717, 1.165) is 5.56 Å². The summed E-state index contributed by atoms with van der Waals surface area (Å²) in [5.41, 5.74) is 1.02. The predicted molar refractivity (Wildman–Crippen MR) is 62.2 cm³/mol. The molecule has 0 heterocycles. The topological polar surface area (TPSA) is 21.3 Å². The highest BCUT2D eigenvalue weighted by atomic mass is 19.3. The Morgan fingerprint density at radius 1 is 1.35 bits per heavy atom. The first-order valence-corrected chi connectivity index (χ1v) is 5.92. The van der Waals surface area contributed by atoms with E-state index in [0.29, 0.717) is 5.92 Å². The van der Waals surface area contributed by atoms with Crippen molar-refractivity contribution in [3.8, 4) is 5.75 Å². The van der Waals surface area contributed by atoms with Crippen LogP contribution in [0.4, 0.5) is 8.78 Å². The Kier molecular flexibility index (Phi) is 3.94. The van der Waals surface area contributed by atoms with Gasteiger partial charge in [0.1, 0.15) is 5.75 Å². The van der Waals surface area contributed by atoms with Gasteiger partial charge in [-0.05, 0) is 43.5 Å². The fourth-order valence-corrected chi connectivity index (χ4v) is 2.33. The molecule has 17 heavy (non-hydrogen) atoms. The molecular formula is C13H17F2NO. The molecule has 2 nitrogen and oxygen atoms in total. The maximum atomic E-state index is 12.1. The number of rotatable bonds is 5. The van der Waals surface area contributed by atoms with E-state index in [-0.39, 0.29) is 11.8 Å². The molecule has 0 aromatic heterocycles. The van der Waals surface area contributed by atoms with Gasteiger partial charge in [0.2, 0.25) is 0 Å². The van der Waals surface area contributed by atoms with E-state index in [1.54, 1.807) is 18.2 Å². The summed E-state index contributed by atoms with van der Waals surface area (Å²) >= 11 is 0. The van der Waals surface area contributed by atoms with Crippen LogP contribution >= 0.6 is 0 Å². The van der Waals surface area contributed by atoms with Gasteiger partial charge < -0.3 is 10.1 Å². The number of hydrogen-bond donors (Lipinski definition) is 1. The molecule has 1 aromatic carbocycles. The second kappa shape index (κ2) is 5.45. The maximum Gasteiger partial charge on any atom is 0.387 e. The van der Waals surface area contributed by atoms with Gasteiger partial charge in [0.05, 0.1) is 0 Å². The zero-order valence-electron chi connectivity index (χ0n) is 9.83. The number of alkyl halides is 2. The zero-order chi connectivity index (χ0) is 12.3. The molecule has 1 saturated carbocycles. The van der Waals surface area contributed by atoms with Crippen molar-refractivity contribution in [1.29, 1.82) is 0 Å². The molecule has 4 heteroatoms. The Hall–Kier alpha value is -1.16. The average Bonchev–Trinajstić information content (AvgIpc) is 2.22. The van der Waals surface area contributed by atoms with Crippen LogP contribution < -0.4 is 10.1 Å². The highest BCUT2D eigenvalue weighted by molar-refractivity contribution is 5.31. The number of nitrogens with one attached hydrogen (secondary N) is 1. The molecule has 0 amide bonds. The van der Waals surface area contributed by atoms with E-state index < -0.39 is 6.61 Å². The highest BCUT2D eigenvalue weighted by Crippen LogP contribution is 2.38. The van der Waals surface area contributed by atoms with Crippen molar-refractivity contribution in [2.24, 2.45) is 5.92 Å². The van der Waals surface area contributed by atoms with Crippen LogP contribution in [0.3, 0.4) is 0 Å². The van der Waals surface area contributed by atoms with E-state index in [1.807, 2.05) is 13.1 Å². The van der Waals surface area contributed by atoms with Gasteiger partial charge in [-0.15, -0.1) is 0 Å². The quantitative estimate of drug-likeness (QED) is 0.853. The van der Waals surface area contributed by atoms with Gasteiger partial charge in [-0.1, -0.05) is 18.6 Å². The number of benzene rings is 1. The molecule has 1 N–H and O–H groups in total. The predicted octanol–water partition coefficient (Wildman–Crippen LogP) is 3.35. The van der Waals surface area contributed by atoms with Gasteiger partial charge in [0.15, 0.2) is 0 Å². The third kappa shape index (κ3) is 2.94. The minimum Gasteiger partial charge on any atom is -0.435 e. The number of hydrogen-bond acceptors (Lipinski definition) is 2. The van der Waals surface area contributed by atoms with Crippen molar-refractivity contribution in [1.82, 2.24) is 5.32 Å². The lowest BCUT2D eigenvalue weighted by molar-refractivity contribution is -0.0499. The molecule has 0 spiro atoms. The number of halogens is 2. The first kappa shape index (κ1) is 12.3. The first-order chi connectivity index (χ1) is 8.20. The minimum atomic E-state index is -2.76. The van der Waals surface area contributed by atoms with Gasteiger partial charge in [-0.25, -0.2) is 0 Å². The van der Waals surface area contributed by atoms with Crippen LogP contribution in [0.15, 0.2) is 24.3 Å². The first-order valence-electron chi connectivity index (χ1n) is 5.92. The lowest BCUT2D eigenvalue weighted by Gasteiger charge is -2.34. The van der Waals surface area contributed by atoms with Crippen LogP contribution in [0, 0.1) is 5.92 Å². The monoisotopic (exact) mass is 241 g/mol. The van der Waals surface area contributed by atoms with Crippen LogP contribution in [0.5, 0.6) is 5.75 Å². The molecule has 1 unspecified atom stereocenters. The molecule has 0 radical (unpaired) electrons. The Morgan fingerprint density at radius 3 is 2.65 bits per heavy atom.